The van der Waals surface area contributed by atoms with Crippen LogP contribution in [-0.4, -0.2) is 39.2 Å². The third-order valence-electron chi connectivity index (χ3n) is 3.08. The van der Waals surface area contributed by atoms with E-state index in [2.05, 4.69) is 10.2 Å². The van der Waals surface area contributed by atoms with Crippen LogP contribution in [0.5, 0.6) is 11.5 Å². The van der Waals surface area contributed by atoms with Crippen LogP contribution in [-0.2, 0) is 4.79 Å². The molecule has 0 bridgehead atoms. The minimum absolute atomic E-state index is 0.0802. The van der Waals surface area contributed by atoms with Crippen molar-refractivity contribution in [3.63, 3.8) is 0 Å². The third-order valence-corrected chi connectivity index (χ3v) is 4.03. The number of ether oxygens (including phenoxy) is 2. The average Bonchev–Trinajstić information content (AvgIpc) is 2.92. The van der Waals surface area contributed by atoms with Crippen molar-refractivity contribution in [3.05, 3.63) is 30.1 Å². The van der Waals surface area contributed by atoms with E-state index in [0.717, 1.165) is 11.8 Å². The van der Waals surface area contributed by atoms with Gasteiger partial charge in [-0.1, -0.05) is 23.9 Å². The molecule has 3 amide bonds. The van der Waals surface area contributed by atoms with Crippen LogP contribution in [0.4, 0.5) is 4.79 Å². The van der Waals surface area contributed by atoms with E-state index in [4.69, 9.17) is 21.1 Å². The van der Waals surface area contributed by atoms with Crippen LogP contribution in [0.1, 0.15) is 11.9 Å². The van der Waals surface area contributed by atoms with Crippen molar-refractivity contribution >= 4 is 23.7 Å². The van der Waals surface area contributed by atoms with Crippen molar-refractivity contribution in [1.82, 2.24) is 20.2 Å². The summed E-state index contributed by atoms with van der Waals surface area (Å²) < 4.78 is 12.7. The molecule has 11 heteroatoms. The first-order chi connectivity index (χ1) is 11.5. The van der Waals surface area contributed by atoms with Gasteiger partial charge < -0.3 is 21.1 Å². The Morgan fingerprint density at radius 3 is 2.83 bits per heavy atom. The lowest BCUT2D eigenvalue weighted by atomic mass is 10.2. The number of urea groups is 1. The van der Waals surface area contributed by atoms with Gasteiger partial charge in [-0.2, -0.15) is 0 Å². The molecule has 1 aromatic heterocycles. The predicted molar refractivity (Wildman–Crippen MR) is 83.9 cm³/mol. The van der Waals surface area contributed by atoms with Crippen molar-refractivity contribution in [1.29, 1.82) is 0 Å². The molecule has 5 N–H and O–H groups in total. The lowest BCUT2D eigenvalue weighted by Crippen LogP contribution is -2.36. The van der Waals surface area contributed by atoms with Gasteiger partial charge in [0.05, 0.1) is 5.75 Å². The normalized spacial score (nSPS) is 15.8. The maximum Gasteiger partial charge on any atom is 0.318 e. The highest BCUT2D eigenvalue weighted by atomic mass is 32.2. The first kappa shape index (κ1) is 15.9. The zero-order valence-electron chi connectivity index (χ0n) is 12.3. The number of hydrogen-bond acceptors (Lipinski definition) is 8. The number of para-hydroxylation sites is 2. The molecule has 2 aromatic rings. The third kappa shape index (κ3) is 3.35. The molecule has 1 aromatic carbocycles. The SMILES string of the molecule is NC(=O)NC(=O)CSc1nnc([C@H]2COc3ccccc3O2)n1N. The first-order valence-electron chi connectivity index (χ1n) is 6.85. The van der Waals surface area contributed by atoms with Crippen LogP contribution in [0, 0.1) is 0 Å². The fraction of sp³-hybridized carbons (Fsp3) is 0.231. The molecule has 0 spiro atoms. The quantitative estimate of drug-likeness (QED) is 0.507. The van der Waals surface area contributed by atoms with Crippen molar-refractivity contribution in [2.75, 3.05) is 18.2 Å². The van der Waals surface area contributed by atoms with Gasteiger partial charge in [0.15, 0.2) is 23.4 Å². The highest BCUT2D eigenvalue weighted by Gasteiger charge is 2.28. The van der Waals surface area contributed by atoms with Crippen LogP contribution in [0.2, 0.25) is 0 Å². The number of nitrogens with one attached hydrogen (secondary N) is 1. The number of nitrogens with zero attached hydrogens (tertiary/aromatic N) is 3. The number of nitrogen functional groups attached to an aromatic ring is 1. The summed E-state index contributed by atoms with van der Waals surface area (Å²) in [5, 5.41) is 10.2. The number of primary amides is 1. The number of fused-ring (bicyclic) bond motifs is 1. The molecule has 0 unspecified atom stereocenters. The predicted octanol–water partition coefficient (Wildman–Crippen LogP) is -0.209. The topological polar surface area (TPSA) is 147 Å². The monoisotopic (exact) mass is 350 g/mol. The zero-order chi connectivity index (χ0) is 17.1. The molecule has 0 saturated carbocycles. The summed E-state index contributed by atoms with van der Waals surface area (Å²) in [6.45, 7) is 0.235. The van der Waals surface area contributed by atoms with Gasteiger partial charge in [-0.3, -0.25) is 10.1 Å². The Morgan fingerprint density at radius 2 is 2.08 bits per heavy atom. The zero-order valence-corrected chi connectivity index (χ0v) is 13.2. The largest absolute Gasteiger partial charge is 0.485 e. The molecular weight excluding hydrogens is 336 g/mol. The molecular formula is C13H14N6O4S. The van der Waals surface area contributed by atoms with Crippen molar-refractivity contribution in [3.8, 4) is 11.5 Å². The molecule has 0 fully saturated rings. The number of carbonyl (C=O) groups is 2. The maximum absolute atomic E-state index is 11.4. The van der Waals surface area contributed by atoms with Gasteiger partial charge in [-0.25, -0.2) is 9.47 Å². The van der Waals surface area contributed by atoms with Crippen LogP contribution < -0.4 is 26.4 Å². The molecule has 24 heavy (non-hydrogen) atoms. The molecule has 1 atom stereocenters. The van der Waals surface area contributed by atoms with Gasteiger partial charge in [0, 0.05) is 0 Å². The standard InChI is InChI=1S/C13H14N6O4S/c14-12(21)16-10(20)6-24-13-18-17-11(19(13)15)9-5-22-7-3-1-2-4-8(7)23-9/h1-4,9H,5-6,15H2,(H3,14,16,20,21)/t9-/m1/s1. The van der Waals surface area contributed by atoms with E-state index in [1.54, 1.807) is 12.1 Å². The van der Waals surface area contributed by atoms with Gasteiger partial charge >= 0.3 is 6.03 Å². The van der Waals surface area contributed by atoms with Gasteiger partial charge in [0.1, 0.15) is 6.61 Å². The van der Waals surface area contributed by atoms with E-state index in [9.17, 15) is 9.59 Å². The molecule has 0 radical (unpaired) electrons. The molecule has 10 nitrogen and oxygen atoms in total. The Kier molecular flexibility index (Phi) is 4.42. The van der Waals surface area contributed by atoms with Crippen LogP contribution in [0.25, 0.3) is 0 Å². The lowest BCUT2D eigenvalue weighted by molar-refractivity contribution is -0.117. The Bertz CT molecular complexity index is 780. The number of rotatable bonds is 4. The number of carbonyl (C=O) groups excluding carboxylic acids is 2. The van der Waals surface area contributed by atoms with Crippen molar-refractivity contribution in [2.24, 2.45) is 5.73 Å². The molecule has 2 heterocycles. The molecule has 0 aliphatic carbocycles. The van der Waals surface area contributed by atoms with Gasteiger partial charge in [-0.05, 0) is 12.1 Å². The van der Waals surface area contributed by atoms with Crippen molar-refractivity contribution < 1.29 is 19.1 Å². The van der Waals surface area contributed by atoms with Crippen LogP contribution in [0.3, 0.4) is 0 Å². The number of amides is 3. The fourth-order valence-corrected chi connectivity index (χ4v) is 2.72. The Balaban J connectivity index is 1.67. The van der Waals surface area contributed by atoms with E-state index in [-0.39, 0.29) is 12.4 Å². The minimum atomic E-state index is -0.915. The van der Waals surface area contributed by atoms with E-state index in [0.29, 0.717) is 22.5 Å². The number of hydrogen-bond donors (Lipinski definition) is 3. The molecule has 0 saturated heterocycles. The van der Waals surface area contributed by atoms with Gasteiger partial charge in [0.25, 0.3) is 0 Å². The van der Waals surface area contributed by atoms with E-state index < -0.39 is 18.0 Å². The highest BCUT2D eigenvalue weighted by Crippen LogP contribution is 2.35. The van der Waals surface area contributed by atoms with E-state index in [1.165, 1.54) is 4.68 Å². The number of thioether (sulfide) groups is 1. The summed E-state index contributed by atoms with van der Waals surface area (Å²) in [6.07, 6.45) is -0.522. The molecule has 126 valence electrons. The minimum Gasteiger partial charge on any atom is -0.485 e. The second-order valence-corrected chi connectivity index (χ2v) is 5.72. The fourth-order valence-electron chi connectivity index (χ4n) is 2.06. The summed E-state index contributed by atoms with van der Waals surface area (Å²) in [6, 6.07) is 6.35. The first-order valence-corrected chi connectivity index (χ1v) is 7.84. The van der Waals surface area contributed by atoms with Crippen molar-refractivity contribution in [2.45, 2.75) is 11.3 Å². The molecule has 1 aliphatic rings. The smallest absolute Gasteiger partial charge is 0.318 e. The second-order valence-electron chi connectivity index (χ2n) is 4.78. The Labute approximate surface area is 140 Å². The number of aromatic nitrogens is 3. The molecule has 3 rings (SSSR count). The maximum atomic E-state index is 11.4. The second kappa shape index (κ2) is 6.66. The Hall–Kier alpha value is -2.95. The van der Waals surface area contributed by atoms with Crippen LogP contribution >= 0.6 is 11.8 Å². The van der Waals surface area contributed by atoms with Gasteiger partial charge in [0.2, 0.25) is 11.1 Å². The lowest BCUT2D eigenvalue weighted by Gasteiger charge is -2.25. The average molecular weight is 350 g/mol. The van der Waals surface area contributed by atoms with Crippen LogP contribution in [0.15, 0.2) is 29.4 Å². The summed E-state index contributed by atoms with van der Waals surface area (Å²) in [5.41, 5.74) is 4.86. The summed E-state index contributed by atoms with van der Waals surface area (Å²) in [7, 11) is 0. The summed E-state index contributed by atoms with van der Waals surface area (Å²) >= 11 is 1.02. The van der Waals surface area contributed by atoms with Gasteiger partial charge in [-0.15, -0.1) is 10.2 Å². The highest BCUT2D eigenvalue weighted by molar-refractivity contribution is 7.99. The summed E-state index contributed by atoms with van der Waals surface area (Å²) in [4.78, 5) is 22.0. The molecule has 1 aliphatic heterocycles. The number of nitrogens with two attached hydrogens (primary N) is 2. The summed E-state index contributed by atoms with van der Waals surface area (Å²) in [5.74, 6) is 6.92. The Morgan fingerprint density at radius 1 is 1.33 bits per heavy atom. The van der Waals surface area contributed by atoms with E-state index in [1.807, 2.05) is 17.4 Å². The van der Waals surface area contributed by atoms with E-state index >= 15 is 0 Å². The number of imide groups is 1. The number of benzene rings is 1.